The van der Waals surface area contributed by atoms with E-state index in [0.29, 0.717) is 17.2 Å². The highest BCUT2D eigenvalue weighted by atomic mass is 32.1. The van der Waals surface area contributed by atoms with Crippen LogP contribution in [0.4, 0.5) is 0 Å². The number of benzene rings is 1. The van der Waals surface area contributed by atoms with Crippen LogP contribution in [0.25, 0.3) is 20.5 Å². The summed E-state index contributed by atoms with van der Waals surface area (Å²) in [6.45, 7) is 4.07. The Morgan fingerprint density at radius 2 is 2.03 bits per heavy atom. The third kappa shape index (κ3) is 4.83. The van der Waals surface area contributed by atoms with Crippen molar-refractivity contribution in [1.82, 2.24) is 20.1 Å². The minimum atomic E-state index is -0.116. The number of nitrogens with zero attached hydrogens (tertiary/aromatic N) is 3. The molecule has 0 aliphatic carbocycles. The molecule has 176 valence electrons. The van der Waals surface area contributed by atoms with E-state index in [-0.39, 0.29) is 17.6 Å². The maximum absolute atomic E-state index is 13.2. The normalized spacial score (nSPS) is 18.2. The van der Waals surface area contributed by atoms with Gasteiger partial charge in [-0.15, -0.1) is 11.3 Å². The Morgan fingerprint density at radius 1 is 1.18 bits per heavy atom. The van der Waals surface area contributed by atoms with Gasteiger partial charge in [0.15, 0.2) is 0 Å². The van der Waals surface area contributed by atoms with Crippen molar-refractivity contribution in [3.05, 3.63) is 70.8 Å². The first kappa shape index (κ1) is 22.6. The van der Waals surface area contributed by atoms with Crippen LogP contribution in [0.1, 0.15) is 31.9 Å². The minimum Gasteiger partial charge on any atom is -0.497 e. The van der Waals surface area contributed by atoms with Crippen LogP contribution in [0, 0.1) is 0 Å². The molecule has 0 saturated carbocycles. The summed E-state index contributed by atoms with van der Waals surface area (Å²) in [6.07, 6.45) is 5.25. The molecule has 0 bridgehead atoms. The summed E-state index contributed by atoms with van der Waals surface area (Å²) < 4.78 is 13.4. The third-order valence-corrected chi connectivity index (χ3v) is 7.43. The number of hydrogen-bond donors (Lipinski definition) is 1. The lowest BCUT2D eigenvalue weighted by Crippen LogP contribution is -2.50. The van der Waals surface area contributed by atoms with Crippen LogP contribution in [-0.2, 0) is 6.54 Å². The van der Waals surface area contributed by atoms with Crippen molar-refractivity contribution in [1.29, 1.82) is 0 Å². The Labute approximate surface area is 202 Å². The van der Waals surface area contributed by atoms with Gasteiger partial charge in [0.05, 0.1) is 25.5 Å². The van der Waals surface area contributed by atoms with Crippen LogP contribution < -0.4 is 20.3 Å². The van der Waals surface area contributed by atoms with E-state index in [0.717, 1.165) is 40.2 Å². The number of pyridine rings is 1. The maximum atomic E-state index is 13.2. The molecule has 0 spiro atoms. The monoisotopic (exact) mass is 476 g/mol. The second-order valence-electron chi connectivity index (χ2n) is 8.93. The standard InChI is InChI=1S/C26H28N4O3S/c1-26(12-3-4-13-27-26)17-33-23-7-5-6-20(29-23)16-30-25(31)24-19(15-28-30)14-22(34-24)18-8-10-21(32-2)11-9-18/h5-11,14-15,27H,3-4,12-13,16-17H2,1-2H3/t26-/m0/s1. The highest BCUT2D eigenvalue weighted by Gasteiger charge is 2.27. The molecule has 1 aliphatic heterocycles. The SMILES string of the molecule is COc1ccc(-c2cc3cnn(Cc4cccc(OC[C@]5(C)CCCCN5)n4)c(=O)c3s2)cc1. The first-order valence-electron chi connectivity index (χ1n) is 11.5. The van der Waals surface area contributed by atoms with Crippen molar-refractivity contribution in [2.75, 3.05) is 20.3 Å². The van der Waals surface area contributed by atoms with Gasteiger partial charge in [0.25, 0.3) is 5.56 Å². The fourth-order valence-electron chi connectivity index (χ4n) is 4.23. The quantitative estimate of drug-likeness (QED) is 0.424. The molecule has 0 radical (unpaired) electrons. The Balaban J connectivity index is 1.34. The Kier molecular flexibility index (Phi) is 6.34. The average molecular weight is 477 g/mol. The largest absolute Gasteiger partial charge is 0.497 e. The summed E-state index contributed by atoms with van der Waals surface area (Å²) in [5.74, 6) is 1.37. The second kappa shape index (κ2) is 9.56. The molecule has 5 rings (SSSR count). The van der Waals surface area contributed by atoms with Crippen LogP contribution in [0.5, 0.6) is 11.6 Å². The maximum Gasteiger partial charge on any atom is 0.285 e. The van der Waals surface area contributed by atoms with Crippen LogP contribution in [0.2, 0.25) is 0 Å². The Morgan fingerprint density at radius 3 is 2.79 bits per heavy atom. The van der Waals surface area contributed by atoms with Crippen molar-refractivity contribution < 1.29 is 9.47 Å². The molecule has 0 amide bonds. The summed E-state index contributed by atoms with van der Waals surface area (Å²) >= 11 is 1.48. The summed E-state index contributed by atoms with van der Waals surface area (Å²) in [4.78, 5) is 18.8. The zero-order valence-corrected chi connectivity index (χ0v) is 20.2. The molecular weight excluding hydrogens is 448 g/mol. The van der Waals surface area contributed by atoms with Crippen molar-refractivity contribution >= 4 is 21.4 Å². The van der Waals surface area contributed by atoms with E-state index in [1.54, 1.807) is 13.3 Å². The number of hydrogen-bond acceptors (Lipinski definition) is 7. The molecule has 3 aromatic heterocycles. The zero-order chi connectivity index (χ0) is 23.5. The predicted octanol–water partition coefficient (Wildman–Crippen LogP) is 4.49. The van der Waals surface area contributed by atoms with E-state index in [9.17, 15) is 4.79 Å². The van der Waals surface area contributed by atoms with E-state index in [1.807, 2.05) is 48.5 Å². The third-order valence-electron chi connectivity index (χ3n) is 6.24. The van der Waals surface area contributed by atoms with E-state index in [4.69, 9.17) is 9.47 Å². The van der Waals surface area contributed by atoms with Crippen molar-refractivity contribution in [3.63, 3.8) is 0 Å². The number of nitrogens with one attached hydrogen (secondary N) is 1. The summed E-state index contributed by atoms with van der Waals surface area (Å²) in [7, 11) is 1.65. The summed E-state index contributed by atoms with van der Waals surface area (Å²) in [5, 5.41) is 8.79. The first-order valence-corrected chi connectivity index (χ1v) is 12.3. The molecule has 4 heterocycles. The highest BCUT2D eigenvalue weighted by molar-refractivity contribution is 7.22. The highest BCUT2D eigenvalue weighted by Crippen LogP contribution is 2.32. The smallest absolute Gasteiger partial charge is 0.285 e. The molecule has 1 fully saturated rings. The molecule has 0 unspecified atom stereocenters. The molecule has 1 atom stereocenters. The first-order chi connectivity index (χ1) is 16.5. The van der Waals surface area contributed by atoms with E-state index < -0.39 is 0 Å². The number of methoxy groups -OCH3 is 1. The minimum absolute atomic E-state index is 0.0276. The number of rotatable bonds is 7. The molecule has 7 nitrogen and oxygen atoms in total. The van der Waals surface area contributed by atoms with Gasteiger partial charge >= 0.3 is 0 Å². The molecule has 1 N–H and O–H groups in total. The number of fused-ring (bicyclic) bond motifs is 1. The van der Waals surface area contributed by atoms with Gasteiger partial charge in [0.2, 0.25) is 5.88 Å². The van der Waals surface area contributed by atoms with Crippen molar-refractivity contribution in [2.24, 2.45) is 0 Å². The summed E-state index contributed by atoms with van der Waals surface area (Å²) in [6, 6.07) is 15.5. The fraction of sp³-hybridized carbons (Fsp3) is 0.346. The lowest BCUT2D eigenvalue weighted by atomic mass is 9.92. The Hall–Kier alpha value is -3.23. The van der Waals surface area contributed by atoms with Gasteiger partial charge in [-0.05, 0) is 68.3 Å². The predicted molar refractivity (Wildman–Crippen MR) is 135 cm³/mol. The second-order valence-corrected chi connectivity index (χ2v) is 9.98. The molecule has 8 heteroatoms. The van der Waals surface area contributed by atoms with Crippen LogP contribution >= 0.6 is 11.3 Å². The molecule has 4 aromatic rings. The van der Waals surface area contributed by atoms with E-state index in [2.05, 4.69) is 22.3 Å². The average Bonchev–Trinajstić information content (AvgIpc) is 3.31. The van der Waals surface area contributed by atoms with Gasteiger partial charge in [-0.2, -0.15) is 5.10 Å². The molecule has 1 aliphatic rings. The topological polar surface area (TPSA) is 78.3 Å². The van der Waals surface area contributed by atoms with Gasteiger partial charge in [0.1, 0.15) is 17.1 Å². The van der Waals surface area contributed by atoms with E-state index >= 15 is 0 Å². The lowest BCUT2D eigenvalue weighted by molar-refractivity contribution is 0.159. The van der Waals surface area contributed by atoms with E-state index in [1.165, 1.54) is 28.9 Å². The fourth-order valence-corrected chi connectivity index (χ4v) is 5.32. The van der Waals surface area contributed by atoms with Gasteiger partial charge in [-0.1, -0.05) is 12.5 Å². The van der Waals surface area contributed by atoms with Gasteiger partial charge in [0, 0.05) is 21.9 Å². The number of ether oxygens (including phenoxy) is 2. The number of piperidine rings is 1. The van der Waals surface area contributed by atoms with Crippen LogP contribution in [-0.4, -0.2) is 40.6 Å². The lowest BCUT2D eigenvalue weighted by Gasteiger charge is -2.34. The number of thiophene rings is 1. The molecule has 34 heavy (non-hydrogen) atoms. The van der Waals surface area contributed by atoms with Crippen molar-refractivity contribution in [2.45, 2.75) is 38.3 Å². The van der Waals surface area contributed by atoms with Crippen LogP contribution in [0.15, 0.2) is 59.5 Å². The number of aromatic nitrogens is 3. The zero-order valence-electron chi connectivity index (χ0n) is 19.4. The molecule has 1 saturated heterocycles. The van der Waals surface area contributed by atoms with Gasteiger partial charge < -0.3 is 14.8 Å². The summed E-state index contributed by atoms with van der Waals surface area (Å²) in [5.41, 5.74) is 1.63. The molecule has 1 aromatic carbocycles. The van der Waals surface area contributed by atoms with Crippen LogP contribution in [0.3, 0.4) is 0 Å². The Bertz CT molecular complexity index is 1340. The van der Waals surface area contributed by atoms with Gasteiger partial charge in [-0.25, -0.2) is 9.67 Å². The van der Waals surface area contributed by atoms with Crippen molar-refractivity contribution in [3.8, 4) is 22.1 Å². The van der Waals surface area contributed by atoms with Gasteiger partial charge in [-0.3, -0.25) is 4.79 Å². The molecular formula is C26H28N4O3S.